The Morgan fingerprint density at radius 1 is 1.50 bits per heavy atom. The molecule has 1 rings (SSSR count). The van der Waals surface area contributed by atoms with Crippen molar-refractivity contribution in [2.45, 2.75) is 31.4 Å². The monoisotopic (exact) mass is 260 g/mol. The maximum absolute atomic E-state index is 11.6. The fourth-order valence-electron chi connectivity index (χ4n) is 1.89. The van der Waals surface area contributed by atoms with Gasteiger partial charge in [0.25, 0.3) is 0 Å². The average molecular weight is 260 g/mol. The number of unbranched alkanes of at least 4 members (excludes halogenated alkanes) is 1. The zero-order chi connectivity index (χ0) is 13.4. The van der Waals surface area contributed by atoms with Gasteiger partial charge in [0.1, 0.15) is 6.61 Å². The predicted molar refractivity (Wildman–Crippen MR) is 67.5 cm³/mol. The third-order valence-corrected chi connectivity index (χ3v) is 3.01. The standard InChI is InChI=1S/C12H24N2O4/c1-14(5-3-4-6-17-2)12(16)18-9-10-7-11(15)8-13-10/h10-11,13,15H,3-9H2,1-2H3. The van der Waals surface area contributed by atoms with E-state index in [0.29, 0.717) is 32.7 Å². The summed E-state index contributed by atoms with van der Waals surface area (Å²) in [6.45, 7) is 2.28. The molecule has 1 fully saturated rings. The van der Waals surface area contributed by atoms with E-state index in [0.717, 1.165) is 12.8 Å². The van der Waals surface area contributed by atoms with Crippen molar-refractivity contribution in [2.24, 2.45) is 0 Å². The highest BCUT2D eigenvalue weighted by Crippen LogP contribution is 2.07. The molecule has 0 aliphatic carbocycles. The predicted octanol–water partition coefficient (Wildman–Crippen LogP) is 0.204. The van der Waals surface area contributed by atoms with Crippen LogP contribution in [0.1, 0.15) is 19.3 Å². The highest BCUT2D eigenvalue weighted by molar-refractivity contribution is 5.67. The van der Waals surface area contributed by atoms with E-state index < -0.39 is 0 Å². The van der Waals surface area contributed by atoms with Crippen molar-refractivity contribution in [1.29, 1.82) is 0 Å². The van der Waals surface area contributed by atoms with Crippen molar-refractivity contribution in [1.82, 2.24) is 10.2 Å². The van der Waals surface area contributed by atoms with Gasteiger partial charge in [0.15, 0.2) is 0 Å². The Kier molecular flexibility index (Phi) is 7.00. The molecule has 6 heteroatoms. The zero-order valence-corrected chi connectivity index (χ0v) is 11.2. The van der Waals surface area contributed by atoms with E-state index in [4.69, 9.17) is 9.47 Å². The molecule has 1 aliphatic heterocycles. The molecule has 6 nitrogen and oxygen atoms in total. The second-order valence-corrected chi connectivity index (χ2v) is 4.69. The fraction of sp³-hybridized carbons (Fsp3) is 0.917. The maximum Gasteiger partial charge on any atom is 0.409 e. The Morgan fingerprint density at radius 2 is 2.28 bits per heavy atom. The minimum absolute atomic E-state index is 0.0749. The lowest BCUT2D eigenvalue weighted by molar-refractivity contribution is 0.0990. The third-order valence-electron chi connectivity index (χ3n) is 3.01. The van der Waals surface area contributed by atoms with E-state index in [9.17, 15) is 9.90 Å². The van der Waals surface area contributed by atoms with E-state index in [1.54, 1.807) is 19.1 Å². The van der Waals surface area contributed by atoms with Crippen LogP contribution < -0.4 is 5.32 Å². The molecular weight excluding hydrogens is 236 g/mol. The van der Waals surface area contributed by atoms with Gasteiger partial charge in [0.05, 0.1) is 6.10 Å². The van der Waals surface area contributed by atoms with Gasteiger partial charge in [-0.15, -0.1) is 0 Å². The molecule has 2 unspecified atom stereocenters. The molecular formula is C12H24N2O4. The topological polar surface area (TPSA) is 71.0 Å². The van der Waals surface area contributed by atoms with Gasteiger partial charge in [-0.3, -0.25) is 0 Å². The smallest absolute Gasteiger partial charge is 0.409 e. The number of aliphatic hydroxyl groups excluding tert-OH is 1. The Morgan fingerprint density at radius 3 is 2.89 bits per heavy atom. The van der Waals surface area contributed by atoms with Crippen molar-refractivity contribution in [3.8, 4) is 0 Å². The molecule has 2 N–H and O–H groups in total. The number of aliphatic hydroxyl groups is 1. The number of hydrogen-bond donors (Lipinski definition) is 2. The van der Waals surface area contributed by atoms with Crippen molar-refractivity contribution >= 4 is 6.09 Å². The first-order valence-corrected chi connectivity index (χ1v) is 6.41. The summed E-state index contributed by atoms with van der Waals surface area (Å²) in [6.07, 6.45) is 1.85. The van der Waals surface area contributed by atoms with Gasteiger partial charge < -0.3 is 24.8 Å². The van der Waals surface area contributed by atoms with Crippen molar-refractivity contribution in [3.05, 3.63) is 0 Å². The summed E-state index contributed by atoms with van der Waals surface area (Å²) in [6, 6.07) is 0.0749. The van der Waals surface area contributed by atoms with Gasteiger partial charge in [-0.2, -0.15) is 0 Å². The van der Waals surface area contributed by atoms with Gasteiger partial charge in [0, 0.05) is 39.9 Å². The molecule has 0 radical (unpaired) electrons. The number of amides is 1. The quantitative estimate of drug-likeness (QED) is 0.640. The van der Waals surface area contributed by atoms with Crippen LogP contribution in [0.2, 0.25) is 0 Å². The van der Waals surface area contributed by atoms with Crippen LogP contribution in [-0.2, 0) is 9.47 Å². The summed E-state index contributed by atoms with van der Waals surface area (Å²) in [5.74, 6) is 0. The molecule has 1 amide bonds. The average Bonchev–Trinajstić information content (AvgIpc) is 2.77. The number of rotatable bonds is 7. The molecule has 0 aromatic carbocycles. The van der Waals surface area contributed by atoms with Crippen LogP contribution in [0.25, 0.3) is 0 Å². The molecule has 18 heavy (non-hydrogen) atoms. The number of nitrogens with one attached hydrogen (secondary N) is 1. The molecule has 0 aromatic heterocycles. The normalized spacial score (nSPS) is 23.1. The molecule has 1 aliphatic rings. The molecule has 106 valence electrons. The van der Waals surface area contributed by atoms with E-state index in [1.807, 2.05) is 0 Å². The van der Waals surface area contributed by atoms with Gasteiger partial charge >= 0.3 is 6.09 Å². The second-order valence-electron chi connectivity index (χ2n) is 4.69. The number of hydrogen-bond acceptors (Lipinski definition) is 5. The number of carbonyl (C=O) groups excluding carboxylic acids is 1. The molecule has 2 atom stereocenters. The Labute approximate surface area is 108 Å². The molecule has 0 bridgehead atoms. The minimum atomic E-state index is -0.319. The van der Waals surface area contributed by atoms with Crippen LogP contribution in [0.15, 0.2) is 0 Å². The number of β-amino-alcohol motifs (C(OH)–C–C–N with tert-alkyl or cyclic N) is 1. The first-order chi connectivity index (χ1) is 8.63. The Hall–Kier alpha value is -0.850. The maximum atomic E-state index is 11.6. The van der Waals surface area contributed by atoms with Crippen LogP contribution in [0.5, 0.6) is 0 Å². The van der Waals surface area contributed by atoms with Crippen LogP contribution in [-0.4, -0.2) is 68.7 Å². The Balaban J connectivity index is 2.08. The summed E-state index contributed by atoms with van der Waals surface area (Å²) in [5, 5.41) is 12.4. The number of carbonyl (C=O) groups is 1. The van der Waals surface area contributed by atoms with E-state index >= 15 is 0 Å². The number of ether oxygens (including phenoxy) is 2. The summed E-state index contributed by atoms with van der Waals surface area (Å²) in [4.78, 5) is 13.2. The molecule has 1 heterocycles. The fourth-order valence-corrected chi connectivity index (χ4v) is 1.89. The Bertz CT molecular complexity index is 250. The van der Waals surface area contributed by atoms with E-state index in [1.165, 1.54) is 0 Å². The van der Waals surface area contributed by atoms with Crippen molar-refractivity contribution < 1.29 is 19.4 Å². The van der Waals surface area contributed by atoms with Gasteiger partial charge in [-0.05, 0) is 19.3 Å². The lowest BCUT2D eigenvalue weighted by Crippen LogP contribution is -2.33. The van der Waals surface area contributed by atoms with Gasteiger partial charge in [-0.25, -0.2) is 4.79 Å². The largest absolute Gasteiger partial charge is 0.448 e. The van der Waals surface area contributed by atoms with Crippen LogP contribution in [0.3, 0.4) is 0 Å². The number of nitrogens with zero attached hydrogens (tertiary/aromatic N) is 1. The number of methoxy groups -OCH3 is 1. The highest BCUT2D eigenvalue weighted by Gasteiger charge is 2.23. The van der Waals surface area contributed by atoms with Gasteiger partial charge in [-0.1, -0.05) is 0 Å². The van der Waals surface area contributed by atoms with Crippen LogP contribution in [0, 0.1) is 0 Å². The molecule has 0 aromatic rings. The van der Waals surface area contributed by atoms with Crippen LogP contribution in [0.4, 0.5) is 4.79 Å². The lowest BCUT2D eigenvalue weighted by atomic mass is 10.2. The second kappa shape index (κ2) is 8.29. The zero-order valence-electron chi connectivity index (χ0n) is 11.2. The van der Waals surface area contributed by atoms with Crippen molar-refractivity contribution in [2.75, 3.05) is 40.5 Å². The summed E-state index contributed by atoms with van der Waals surface area (Å²) in [5.41, 5.74) is 0. The highest BCUT2D eigenvalue weighted by atomic mass is 16.6. The van der Waals surface area contributed by atoms with E-state index in [2.05, 4.69) is 5.32 Å². The summed E-state index contributed by atoms with van der Waals surface area (Å²) < 4.78 is 10.1. The first-order valence-electron chi connectivity index (χ1n) is 6.41. The minimum Gasteiger partial charge on any atom is -0.448 e. The first kappa shape index (κ1) is 15.2. The molecule has 0 spiro atoms. The van der Waals surface area contributed by atoms with Crippen LogP contribution >= 0.6 is 0 Å². The van der Waals surface area contributed by atoms with Gasteiger partial charge in [0.2, 0.25) is 0 Å². The third kappa shape index (κ3) is 5.66. The lowest BCUT2D eigenvalue weighted by Gasteiger charge is -2.18. The molecule has 0 saturated carbocycles. The van der Waals surface area contributed by atoms with E-state index in [-0.39, 0.29) is 18.2 Å². The molecule has 1 saturated heterocycles. The van der Waals surface area contributed by atoms with Crippen molar-refractivity contribution in [3.63, 3.8) is 0 Å². The SMILES string of the molecule is COCCCCN(C)C(=O)OCC1CC(O)CN1. The summed E-state index contributed by atoms with van der Waals surface area (Å²) >= 11 is 0. The summed E-state index contributed by atoms with van der Waals surface area (Å²) in [7, 11) is 3.40.